The van der Waals surface area contributed by atoms with Crippen molar-refractivity contribution in [2.75, 3.05) is 33.3 Å². The molecular weight excluding hydrogens is 1720 g/mol. The number of carbonyl (C=O) groups excluding carboxylic acids is 4. The first-order valence-electron chi connectivity index (χ1n) is 43.0. The van der Waals surface area contributed by atoms with Gasteiger partial charge in [0.15, 0.2) is 23.1 Å². The number of para-hydroxylation sites is 2. The Bertz CT molecular complexity index is 6260. The summed E-state index contributed by atoms with van der Waals surface area (Å²) >= 11 is 0. The predicted molar refractivity (Wildman–Crippen MR) is 477 cm³/mol. The van der Waals surface area contributed by atoms with Crippen LogP contribution in [0, 0.1) is 46.5 Å². The largest absolute Gasteiger partial charge is 0.508 e. The number of aromatic nitrogens is 4. The average molecular weight is 1820 g/mol. The third-order valence-electron chi connectivity index (χ3n) is 24.6. The molecule has 4 unspecified atom stereocenters. The van der Waals surface area contributed by atoms with Gasteiger partial charge < -0.3 is 29.8 Å². The van der Waals surface area contributed by atoms with Crippen molar-refractivity contribution >= 4 is 91.0 Å². The Morgan fingerprint density at radius 1 is 0.405 bits per heavy atom. The van der Waals surface area contributed by atoms with Gasteiger partial charge >= 0.3 is 6.18 Å². The number of alkyl halides is 7. The summed E-state index contributed by atoms with van der Waals surface area (Å²) in [7, 11) is 1.53. The van der Waals surface area contributed by atoms with Crippen LogP contribution in [0.1, 0.15) is 203 Å². The number of rotatable bonds is 20. The summed E-state index contributed by atoms with van der Waals surface area (Å²) in [5, 5.41) is 13.5. The number of nitrogens with one attached hydrogen (secondary N) is 4. The van der Waals surface area contributed by atoms with Crippen LogP contribution in [-0.2, 0) is 44.9 Å². The molecule has 8 heterocycles. The summed E-state index contributed by atoms with van der Waals surface area (Å²) in [5.41, 5.74) is 5.53. The van der Waals surface area contributed by atoms with Crippen LogP contribution in [0.3, 0.4) is 0 Å². The number of methoxy groups -OCH3 is 1. The number of phenolic OH excluding ortho intramolecular Hbond substituents is 1. The van der Waals surface area contributed by atoms with Crippen molar-refractivity contribution in [2.24, 2.45) is 0 Å². The molecule has 0 amide bonds. The van der Waals surface area contributed by atoms with Crippen molar-refractivity contribution in [3.05, 3.63) is 294 Å². The third kappa shape index (κ3) is 21.0. The molecule has 0 radical (unpaired) electrons. The van der Waals surface area contributed by atoms with E-state index in [0.29, 0.717) is 72.4 Å². The molecular formula is C102H99F15N8O6. The highest BCUT2D eigenvalue weighted by molar-refractivity contribution is 5.94. The zero-order valence-corrected chi connectivity index (χ0v) is 74.0. The SMILES string of the molecule is CC(=O)/C=C/c1cc(F)c(C2c3[nH]c4ccc(O)cc4c3CC(C)N2CC(C)(C)F)c(F)c1.CC(=O)/C=C/c1cc(F)c([C@@H]2c3[nH]c4ccccc4c3C[C@@H](C)N2CC(F)(F)F)c(F)c1.CC(=O)/C=C/c1cc(F)c([C@@H]2c3[nH]c4ccccc4c3C[C@@H](C)N2CC2(F)CC2)c(F)c1.COc1ccc2c3c([nH]c2c1)C(c1c(F)cc(/C=C/C(C)=O)cc1F)N(CC(C)(F)F)C(C)C3. The first-order valence-corrected chi connectivity index (χ1v) is 43.0. The maximum atomic E-state index is 15.4. The number of aromatic hydroxyl groups is 1. The van der Waals surface area contributed by atoms with Crippen molar-refractivity contribution < 1.29 is 94.9 Å². The first kappa shape index (κ1) is 95.0. The molecule has 4 aliphatic heterocycles. The van der Waals surface area contributed by atoms with Crippen LogP contribution in [-0.4, -0.2) is 149 Å². The lowest BCUT2D eigenvalue weighted by molar-refractivity contribution is -0.155. The van der Waals surface area contributed by atoms with E-state index in [1.54, 1.807) is 61.2 Å². The summed E-state index contributed by atoms with van der Waals surface area (Å²) in [6.07, 6.45) is 8.62. The smallest absolute Gasteiger partial charge is 0.401 e. The summed E-state index contributed by atoms with van der Waals surface area (Å²) in [6, 6.07) is 29.2. The van der Waals surface area contributed by atoms with E-state index in [-0.39, 0.29) is 93.0 Å². The normalized spacial score (nSPS) is 20.1. The van der Waals surface area contributed by atoms with Crippen LogP contribution < -0.4 is 4.74 Å². The number of aromatic amines is 4. The van der Waals surface area contributed by atoms with Crippen molar-refractivity contribution in [2.45, 2.75) is 186 Å². The fourth-order valence-corrected chi connectivity index (χ4v) is 18.7. The number of phenols is 1. The first-order chi connectivity index (χ1) is 61.7. The van der Waals surface area contributed by atoms with Gasteiger partial charge in [-0.25, -0.2) is 52.7 Å². The van der Waals surface area contributed by atoms with E-state index >= 15 is 35.1 Å². The van der Waals surface area contributed by atoms with E-state index in [0.717, 1.165) is 96.6 Å². The summed E-state index contributed by atoms with van der Waals surface area (Å²) < 4.78 is 227. The minimum absolute atomic E-state index is 0.0240. The van der Waals surface area contributed by atoms with Crippen LogP contribution in [0.15, 0.2) is 158 Å². The highest BCUT2D eigenvalue weighted by Gasteiger charge is 2.51. The lowest BCUT2D eigenvalue weighted by atomic mass is 9.87. The van der Waals surface area contributed by atoms with Crippen LogP contribution in [0.2, 0.25) is 0 Å². The lowest BCUT2D eigenvalue weighted by Gasteiger charge is -2.43. The maximum Gasteiger partial charge on any atom is 0.401 e. The molecule has 131 heavy (non-hydrogen) atoms. The second-order valence-electron chi connectivity index (χ2n) is 35.7. The van der Waals surface area contributed by atoms with Gasteiger partial charge in [0, 0.05) is 139 Å². The van der Waals surface area contributed by atoms with Gasteiger partial charge in [0.1, 0.15) is 69.4 Å². The van der Waals surface area contributed by atoms with Gasteiger partial charge in [-0.05, 0) is 268 Å². The van der Waals surface area contributed by atoms with E-state index in [2.05, 4.69) is 19.9 Å². The molecule has 5 N–H and O–H groups in total. The van der Waals surface area contributed by atoms with E-state index in [9.17, 15) is 55.0 Å². The molecule has 0 bridgehead atoms. The van der Waals surface area contributed by atoms with Gasteiger partial charge in [-0.15, -0.1) is 0 Å². The molecule has 5 aliphatic rings. The van der Waals surface area contributed by atoms with Crippen LogP contribution in [0.25, 0.3) is 67.9 Å². The Morgan fingerprint density at radius 3 is 1.04 bits per heavy atom. The minimum Gasteiger partial charge on any atom is -0.508 e. The predicted octanol–water partition coefficient (Wildman–Crippen LogP) is 23.7. The summed E-state index contributed by atoms with van der Waals surface area (Å²) in [6.45, 7) is 14.5. The molecule has 8 atom stereocenters. The third-order valence-corrected chi connectivity index (χ3v) is 24.6. The van der Waals surface area contributed by atoms with Crippen molar-refractivity contribution in [3.63, 3.8) is 0 Å². The number of ketones is 4. The van der Waals surface area contributed by atoms with Crippen LogP contribution >= 0.6 is 0 Å². The molecule has 14 nitrogen and oxygen atoms in total. The second kappa shape index (κ2) is 37.7. The van der Waals surface area contributed by atoms with Gasteiger partial charge in [0.2, 0.25) is 0 Å². The average Bonchev–Trinajstić information content (AvgIpc) is 1.62. The molecule has 688 valence electrons. The van der Waals surface area contributed by atoms with E-state index in [1.165, 1.54) is 126 Å². The van der Waals surface area contributed by atoms with E-state index in [1.807, 2.05) is 61.2 Å². The van der Waals surface area contributed by atoms with Gasteiger partial charge in [-0.3, -0.25) is 38.8 Å². The standard InChI is InChI=1S/C26H26F4N2O2.C26H27F3N2O2.C26H25F3N2O.C24H21F5N2O/c1-14-9-19-18-8-7-17(34-4)12-22(18)31-24(19)25(32(14)13-26(3,29)30)23-20(27)10-16(11-21(23)28)6-5-15(2)33;1-14-9-19-18-12-17(33)7-8-22(18)30-24(19)25(31(14)13-26(3,4)29)23-20(27)10-16(11-21(23)28)6-5-15(2)32;1-15-11-19-18-5-3-4-6-22(18)30-24(19)25(31(15)14-26(29)9-10-26)23-20(27)12-17(13-21(23)28)8-7-16(2)32;1-13-9-17-16-5-3-4-6-20(16)30-22(17)23(31(13)12-24(27,28)29)21-18(25)10-15(11-19(21)26)8-7-14(2)32/h5-8,10-12,14,25,31H,9,13H2,1-4H3;5-8,10-12,14,25,30,33H,9,13H2,1-4H3;3-8,12-13,15,25,30H,9-11,14H2,1-2H3;3-8,10-11,13,23,30H,9,12H2,1-2H3/b2*6-5+;2*8-7+/t;;15-,25-;13-,23-/m..11/s1. The monoisotopic (exact) mass is 1820 g/mol. The number of benzene rings is 8. The van der Waals surface area contributed by atoms with Gasteiger partial charge in [0.25, 0.3) is 5.92 Å². The van der Waals surface area contributed by atoms with Gasteiger partial charge in [0.05, 0.1) is 44.4 Å². The Kier molecular flexibility index (Phi) is 27.3. The zero-order chi connectivity index (χ0) is 94.7. The molecule has 29 heteroatoms. The Hall–Kier alpha value is -12.1. The molecule has 8 aromatic carbocycles. The van der Waals surface area contributed by atoms with Crippen LogP contribution in [0.4, 0.5) is 65.9 Å². The Balaban J connectivity index is 0.000000141. The molecule has 0 spiro atoms. The molecule has 1 saturated carbocycles. The number of H-pyrrole nitrogens is 4. The molecule has 0 saturated heterocycles. The number of nitrogens with zero attached hydrogens (tertiary/aromatic N) is 4. The van der Waals surface area contributed by atoms with Crippen molar-refractivity contribution in [3.8, 4) is 11.5 Å². The number of carbonyl (C=O) groups is 4. The molecule has 4 aromatic heterocycles. The molecule has 1 aliphatic carbocycles. The zero-order valence-electron chi connectivity index (χ0n) is 74.0. The highest BCUT2D eigenvalue weighted by atomic mass is 19.4. The minimum atomic E-state index is -4.55. The van der Waals surface area contributed by atoms with E-state index < -0.39 is 125 Å². The topological polar surface area (TPSA) is 174 Å². The lowest BCUT2D eigenvalue weighted by Crippen LogP contribution is -2.48. The highest BCUT2D eigenvalue weighted by Crippen LogP contribution is 2.51. The summed E-state index contributed by atoms with van der Waals surface area (Å²) in [4.78, 5) is 64.0. The quantitative estimate of drug-likeness (QED) is 0.0365. The number of halogens is 15. The number of ether oxygens (including phenoxy) is 1. The van der Waals surface area contributed by atoms with Gasteiger partial charge in [-0.2, -0.15) is 13.2 Å². The molecule has 1 fully saturated rings. The van der Waals surface area contributed by atoms with Crippen molar-refractivity contribution in [1.82, 2.24) is 39.5 Å². The number of fused-ring (bicyclic) bond motifs is 12. The van der Waals surface area contributed by atoms with E-state index in [4.69, 9.17) is 4.74 Å². The fraction of sp³-hybridized carbons (Fsp3) is 0.333. The van der Waals surface area contributed by atoms with Crippen LogP contribution in [0.5, 0.6) is 11.5 Å². The van der Waals surface area contributed by atoms with Crippen molar-refractivity contribution in [1.29, 1.82) is 0 Å². The molecule has 17 rings (SSSR count). The number of hydrogen-bond acceptors (Lipinski definition) is 10. The number of allylic oxidation sites excluding steroid dienone is 4. The molecule has 12 aromatic rings. The fourth-order valence-electron chi connectivity index (χ4n) is 18.7. The maximum absolute atomic E-state index is 15.4. The second-order valence-corrected chi connectivity index (χ2v) is 35.7. The Labute approximate surface area is 746 Å². The number of hydrogen-bond donors (Lipinski definition) is 5. The van der Waals surface area contributed by atoms with Gasteiger partial charge in [-0.1, -0.05) is 60.7 Å². The Morgan fingerprint density at radius 2 is 0.710 bits per heavy atom. The summed E-state index contributed by atoms with van der Waals surface area (Å²) in [5.74, 6) is -9.99.